The van der Waals surface area contributed by atoms with Crippen LogP contribution < -0.4 is 11.1 Å². The Hall–Kier alpha value is -1.92. The number of carbonyl (C=O) groups excluding carboxylic acids is 1. The smallest absolute Gasteiger partial charge is 0.273 e. The molecule has 3 N–H and O–H groups in total. The number of aromatic nitrogens is 3. The van der Waals surface area contributed by atoms with Crippen LogP contribution in [0.1, 0.15) is 68.7 Å². The van der Waals surface area contributed by atoms with E-state index in [-0.39, 0.29) is 23.7 Å². The second-order valence-corrected chi connectivity index (χ2v) is 7.60. The van der Waals surface area contributed by atoms with Crippen molar-refractivity contribution < 1.29 is 4.79 Å². The molecule has 0 saturated heterocycles. The minimum absolute atomic E-state index is 0. The van der Waals surface area contributed by atoms with Crippen LogP contribution in [-0.4, -0.2) is 34.0 Å². The SMILES string of the molecule is CCCc1c(C(=O)NCCCCN)nnn1-c1ccc(C(C)(C)C)cc1.Cl. The van der Waals surface area contributed by atoms with Gasteiger partial charge in [0.1, 0.15) is 0 Å². The summed E-state index contributed by atoms with van der Waals surface area (Å²) in [5, 5.41) is 11.3. The molecule has 0 fully saturated rings. The van der Waals surface area contributed by atoms with Gasteiger partial charge >= 0.3 is 0 Å². The second kappa shape index (κ2) is 10.4. The van der Waals surface area contributed by atoms with E-state index in [9.17, 15) is 4.79 Å². The summed E-state index contributed by atoms with van der Waals surface area (Å²) in [6.45, 7) is 9.89. The third-order valence-corrected chi connectivity index (χ3v) is 4.36. The Morgan fingerprint density at radius 2 is 1.85 bits per heavy atom. The first-order valence-electron chi connectivity index (χ1n) is 9.42. The lowest BCUT2D eigenvalue weighted by molar-refractivity contribution is 0.0947. The fourth-order valence-corrected chi connectivity index (χ4v) is 2.80. The van der Waals surface area contributed by atoms with Crippen molar-refractivity contribution >= 4 is 18.3 Å². The fraction of sp³-hybridized carbons (Fsp3) is 0.550. The predicted molar refractivity (Wildman–Crippen MR) is 112 cm³/mol. The molecule has 0 radical (unpaired) electrons. The number of carbonyl (C=O) groups is 1. The van der Waals surface area contributed by atoms with E-state index in [1.165, 1.54) is 5.56 Å². The van der Waals surface area contributed by atoms with Crippen molar-refractivity contribution in [1.82, 2.24) is 20.3 Å². The Kier molecular flexibility index (Phi) is 8.93. The van der Waals surface area contributed by atoms with Gasteiger partial charge < -0.3 is 11.1 Å². The van der Waals surface area contributed by atoms with Crippen molar-refractivity contribution in [3.8, 4) is 5.69 Å². The van der Waals surface area contributed by atoms with Crippen molar-refractivity contribution in [2.45, 2.75) is 58.8 Å². The summed E-state index contributed by atoms with van der Waals surface area (Å²) in [6, 6.07) is 8.30. The van der Waals surface area contributed by atoms with Gasteiger partial charge in [-0.15, -0.1) is 17.5 Å². The van der Waals surface area contributed by atoms with Crippen molar-refractivity contribution in [2.75, 3.05) is 13.1 Å². The molecule has 0 atom stereocenters. The van der Waals surface area contributed by atoms with E-state index in [2.05, 4.69) is 55.5 Å². The first kappa shape index (κ1) is 23.1. The molecule has 0 spiro atoms. The van der Waals surface area contributed by atoms with Crippen LogP contribution in [0.2, 0.25) is 0 Å². The Morgan fingerprint density at radius 1 is 1.19 bits per heavy atom. The molecule has 27 heavy (non-hydrogen) atoms. The van der Waals surface area contributed by atoms with E-state index in [0.717, 1.165) is 37.1 Å². The summed E-state index contributed by atoms with van der Waals surface area (Å²) in [4.78, 5) is 12.5. The van der Waals surface area contributed by atoms with Gasteiger partial charge in [0.2, 0.25) is 0 Å². The normalized spacial score (nSPS) is 11.1. The third-order valence-electron chi connectivity index (χ3n) is 4.36. The molecule has 150 valence electrons. The van der Waals surface area contributed by atoms with Gasteiger partial charge in [0.05, 0.1) is 11.4 Å². The zero-order valence-corrected chi connectivity index (χ0v) is 17.6. The fourth-order valence-electron chi connectivity index (χ4n) is 2.80. The lowest BCUT2D eigenvalue weighted by atomic mass is 9.87. The Balaban J connectivity index is 0.00000364. The number of nitrogens with two attached hydrogens (primary N) is 1. The van der Waals surface area contributed by atoms with E-state index in [0.29, 0.717) is 18.8 Å². The maximum atomic E-state index is 12.5. The highest BCUT2D eigenvalue weighted by atomic mass is 35.5. The van der Waals surface area contributed by atoms with Gasteiger partial charge in [0.25, 0.3) is 5.91 Å². The lowest BCUT2D eigenvalue weighted by Crippen LogP contribution is -2.26. The zero-order chi connectivity index (χ0) is 19.2. The highest BCUT2D eigenvalue weighted by molar-refractivity contribution is 5.93. The highest BCUT2D eigenvalue weighted by Gasteiger charge is 2.20. The minimum Gasteiger partial charge on any atom is -0.351 e. The van der Waals surface area contributed by atoms with E-state index in [1.54, 1.807) is 4.68 Å². The molecule has 7 heteroatoms. The first-order valence-corrected chi connectivity index (χ1v) is 9.42. The largest absolute Gasteiger partial charge is 0.351 e. The monoisotopic (exact) mass is 393 g/mol. The first-order chi connectivity index (χ1) is 12.4. The van der Waals surface area contributed by atoms with Gasteiger partial charge in [-0.1, -0.05) is 51.5 Å². The molecule has 0 unspecified atom stereocenters. The molecule has 0 bridgehead atoms. The van der Waals surface area contributed by atoms with Gasteiger partial charge in [0, 0.05) is 6.54 Å². The average Bonchev–Trinajstić information content (AvgIpc) is 3.02. The van der Waals surface area contributed by atoms with Crippen LogP contribution in [0, 0.1) is 0 Å². The molecule has 1 amide bonds. The maximum absolute atomic E-state index is 12.5. The topological polar surface area (TPSA) is 85.8 Å². The molecule has 1 aromatic heterocycles. The molecule has 6 nitrogen and oxygen atoms in total. The van der Waals surface area contributed by atoms with Gasteiger partial charge in [-0.25, -0.2) is 4.68 Å². The van der Waals surface area contributed by atoms with Crippen LogP contribution >= 0.6 is 12.4 Å². The summed E-state index contributed by atoms with van der Waals surface area (Å²) >= 11 is 0. The van der Waals surface area contributed by atoms with Crippen LogP contribution in [-0.2, 0) is 11.8 Å². The Labute approximate surface area is 168 Å². The summed E-state index contributed by atoms with van der Waals surface area (Å²) in [5.41, 5.74) is 9.04. The van der Waals surface area contributed by atoms with Gasteiger partial charge in [0.15, 0.2) is 5.69 Å². The highest BCUT2D eigenvalue weighted by Crippen LogP contribution is 2.24. The van der Waals surface area contributed by atoms with Crippen molar-refractivity contribution in [2.24, 2.45) is 5.73 Å². The molecule has 0 aliphatic heterocycles. The minimum atomic E-state index is -0.164. The molecule has 2 rings (SSSR count). The summed E-state index contributed by atoms with van der Waals surface area (Å²) in [7, 11) is 0. The number of rotatable bonds is 8. The van der Waals surface area contributed by atoms with E-state index < -0.39 is 0 Å². The predicted octanol–water partition coefficient (Wildman–Crippen LogP) is 3.41. The lowest BCUT2D eigenvalue weighted by Gasteiger charge is -2.19. The Bertz CT molecular complexity index is 719. The third kappa shape index (κ3) is 6.04. The number of halogens is 1. The van der Waals surface area contributed by atoms with Crippen LogP contribution in [0.3, 0.4) is 0 Å². The van der Waals surface area contributed by atoms with Crippen LogP contribution in [0.4, 0.5) is 0 Å². The van der Waals surface area contributed by atoms with E-state index >= 15 is 0 Å². The molecule has 0 saturated carbocycles. The number of hydrogen-bond acceptors (Lipinski definition) is 4. The number of nitrogens with zero attached hydrogens (tertiary/aromatic N) is 3. The number of hydrogen-bond donors (Lipinski definition) is 2. The zero-order valence-electron chi connectivity index (χ0n) is 16.8. The number of benzene rings is 1. The maximum Gasteiger partial charge on any atom is 0.273 e. The number of amides is 1. The second-order valence-electron chi connectivity index (χ2n) is 7.60. The van der Waals surface area contributed by atoms with Gasteiger partial charge in [-0.2, -0.15) is 0 Å². The molecule has 0 aliphatic carbocycles. The van der Waals surface area contributed by atoms with E-state index in [4.69, 9.17) is 5.73 Å². The molecule has 1 aromatic carbocycles. The van der Waals surface area contributed by atoms with Crippen molar-refractivity contribution in [1.29, 1.82) is 0 Å². The molecular weight excluding hydrogens is 362 g/mol. The molecule has 0 aliphatic rings. The number of nitrogens with one attached hydrogen (secondary N) is 1. The van der Waals surface area contributed by atoms with Gasteiger partial charge in [-0.3, -0.25) is 4.79 Å². The summed E-state index contributed by atoms with van der Waals surface area (Å²) < 4.78 is 1.78. The van der Waals surface area contributed by atoms with E-state index in [1.807, 2.05) is 12.1 Å². The standard InChI is InChI=1S/C20H31N5O.ClH/c1-5-8-17-18(19(26)22-14-7-6-13-21)23-24-25(17)16-11-9-15(10-12-16)20(2,3)4;/h9-12H,5-8,13-14,21H2,1-4H3,(H,22,26);1H. The molecule has 2 aromatic rings. The Morgan fingerprint density at radius 3 is 2.41 bits per heavy atom. The quantitative estimate of drug-likeness (QED) is 0.673. The van der Waals surface area contributed by atoms with Crippen molar-refractivity contribution in [3.05, 3.63) is 41.2 Å². The average molecular weight is 394 g/mol. The van der Waals surface area contributed by atoms with Crippen LogP contribution in [0.5, 0.6) is 0 Å². The van der Waals surface area contributed by atoms with Crippen LogP contribution in [0.25, 0.3) is 5.69 Å². The van der Waals surface area contributed by atoms with Crippen molar-refractivity contribution in [3.63, 3.8) is 0 Å². The summed E-state index contributed by atoms with van der Waals surface area (Å²) in [5.74, 6) is -0.164. The van der Waals surface area contributed by atoms with Gasteiger partial charge in [-0.05, 0) is 48.9 Å². The molecule has 1 heterocycles. The molecular formula is C20H32ClN5O. The summed E-state index contributed by atoms with van der Waals surface area (Å²) in [6.07, 6.45) is 3.43. The van der Waals surface area contributed by atoms with Crippen LogP contribution in [0.15, 0.2) is 24.3 Å². The number of unbranched alkanes of at least 4 members (excludes halogenated alkanes) is 1.